The van der Waals surface area contributed by atoms with Crippen molar-refractivity contribution in [2.75, 3.05) is 11.0 Å². The number of nitrogens with zero attached hydrogens (tertiary/aromatic N) is 1. The molecule has 0 aliphatic carbocycles. The number of benzene rings is 3. The number of carbonyl (C=O) groups excluding carboxylic acids is 1. The second-order valence-corrected chi connectivity index (χ2v) is 7.29. The SMILES string of the molecule is O=C(OCN(c1ccccc1)S(=O)(=O)c1ccccc1)c1ccccc1. The van der Waals surface area contributed by atoms with Crippen molar-refractivity contribution >= 4 is 21.7 Å². The van der Waals surface area contributed by atoms with Crippen LogP contribution in [0.2, 0.25) is 0 Å². The largest absolute Gasteiger partial charge is 0.440 e. The molecule has 5 nitrogen and oxygen atoms in total. The monoisotopic (exact) mass is 367 g/mol. The zero-order chi connectivity index (χ0) is 18.4. The van der Waals surface area contributed by atoms with Crippen LogP contribution in [0.15, 0.2) is 95.9 Å². The van der Waals surface area contributed by atoms with E-state index < -0.39 is 22.7 Å². The van der Waals surface area contributed by atoms with E-state index in [9.17, 15) is 13.2 Å². The molecule has 0 aliphatic heterocycles. The molecule has 0 spiro atoms. The van der Waals surface area contributed by atoms with Crippen molar-refractivity contribution < 1.29 is 17.9 Å². The van der Waals surface area contributed by atoms with Crippen LogP contribution in [0.5, 0.6) is 0 Å². The minimum absolute atomic E-state index is 0.125. The number of ether oxygens (including phenoxy) is 1. The second kappa shape index (κ2) is 7.84. The van der Waals surface area contributed by atoms with Gasteiger partial charge in [-0.25, -0.2) is 17.5 Å². The summed E-state index contributed by atoms with van der Waals surface area (Å²) in [7, 11) is -3.88. The summed E-state index contributed by atoms with van der Waals surface area (Å²) in [5.74, 6) is -0.588. The molecule has 0 aliphatic rings. The molecule has 0 heterocycles. The van der Waals surface area contributed by atoms with Crippen LogP contribution in [-0.2, 0) is 14.8 Å². The first-order valence-corrected chi connectivity index (χ1v) is 9.38. The highest BCUT2D eigenvalue weighted by Gasteiger charge is 2.26. The van der Waals surface area contributed by atoms with Crippen molar-refractivity contribution in [3.8, 4) is 0 Å². The first-order chi connectivity index (χ1) is 12.6. The maximum absolute atomic E-state index is 13.0. The van der Waals surface area contributed by atoms with E-state index >= 15 is 0 Å². The standard InChI is InChI=1S/C20H17NO4S/c22-20(17-10-4-1-5-11-17)25-16-21(18-12-6-2-7-13-18)26(23,24)19-14-8-3-9-15-19/h1-15H,16H2. The molecule has 0 saturated carbocycles. The Kier molecular flexibility index (Phi) is 5.34. The fraction of sp³-hybridized carbons (Fsp3) is 0.0500. The number of hydrogen-bond donors (Lipinski definition) is 0. The number of hydrogen-bond acceptors (Lipinski definition) is 4. The molecular formula is C20H17NO4S. The molecule has 0 saturated heterocycles. The number of para-hydroxylation sites is 1. The van der Waals surface area contributed by atoms with Gasteiger partial charge in [0.25, 0.3) is 10.0 Å². The number of rotatable bonds is 6. The fourth-order valence-corrected chi connectivity index (χ4v) is 3.72. The molecule has 132 valence electrons. The Balaban J connectivity index is 1.89. The Morgan fingerprint density at radius 2 is 1.27 bits per heavy atom. The van der Waals surface area contributed by atoms with E-state index in [2.05, 4.69) is 0 Å². The highest BCUT2D eigenvalue weighted by atomic mass is 32.2. The molecule has 0 fully saturated rings. The summed E-state index contributed by atoms with van der Waals surface area (Å²) in [5.41, 5.74) is 0.773. The van der Waals surface area contributed by atoms with E-state index in [-0.39, 0.29) is 4.90 Å². The molecule has 0 bridgehead atoms. The van der Waals surface area contributed by atoms with Crippen LogP contribution in [0.4, 0.5) is 5.69 Å². The van der Waals surface area contributed by atoms with E-state index in [0.717, 1.165) is 4.31 Å². The van der Waals surface area contributed by atoms with Crippen LogP contribution in [0.25, 0.3) is 0 Å². The normalized spacial score (nSPS) is 10.9. The van der Waals surface area contributed by atoms with Gasteiger partial charge in [0, 0.05) is 0 Å². The first kappa shape index (κ1) is 17.7. The number of esters is 1. The van der Waals surface area contributed by atoms with Gasteiger partial charge in [0.2, 0.25) is 0 Å². The van der Waals surface area contributed by atoms with Crippen molar-refractivity contribution in [3.05, 3.63) is 96.6 Å². The van der Waals surface area contributed by atoms with E-state index in [1.165, 1.54) is 12.1 Å². The average molecular weight is 367 g/mol. The van der Waals surface area contributed by atoms with Crippen LogP contribution in [0.1, 0.15) is 10.4 Å². The number of carbonyl (C=O) groups is 1. The lowest BCUT2D eigenvalue weighted by Gasteiger charge is -2.24. The molecule has 0 aromatic heterocycles. The molecular weight excluding hydrogens is 350 g/mol. The summed E-state index contributed by atoms with van der Waals surface area (Å²) in [6, 6.07) is 25.0. The third-order valence-corrected chi connectivity index (χ3v) is 5.46. The summed E-state index contributed by atoms with van der Waals surface area (Å²) in [6.45, 7) is -0.422. The highest BCUT2D eigenvalue weighted by Crippen LogP contribution is 2.23. The smallest absolute Gasteiger partial charge is 0.339 e. The predicted molar refractivity (Wildman–Crippen MR) is 99.3 cm³/mol. The van der Waals surface area contributed by atoms with Crippen molar-refractivity contribution in [1.82, 2.24) is 0 Å². The number of anilines is 1. The lowest BCUT2D eigenvalue weighted by molar-refractivity contribution is 0.0520. The quantitative estimate of drug-likeness (QED) is 0.492. The lowest BCUT2D eigenvalue weighted by Crippen LogP contribution is -2.34. The zero-order valence-electron chi connectivity index (χ0n) is 13.9. The molecule has 0 N–H and O–H groups in total. The van der Waals surface area contributed by atoms with Crippen LogP contribution >= 0.6 is 0 Å². The summed E-state index contributed by atoms with van der Waals surface area (Å²) >= 11 is 0. The topological polar surface area (TPSA) is 63.7 Å². The Hall–Kier alpha value is -3.12. The van der Waals surface area contributed by atoms with Crippen LogP contribution in [-0.4, -0.2) is 21.1 Å². The van der Waals surface area contributed by atoms with E-state index in [1.807, 2.05) is 0 Å². The molecule has 3 rings (SSSR count). The van der Waals surface area contributed by atoms with E-state index in [4.69, 9.17) is 4.74 Å². The Morgan fingerprint density at radius 1 is 0.769 bits per heavy atom. The van der Waals surface area contributed by atoms with Crippen molar-refractivity contribution in [1.29, 1.82) is 0 Å². The third-order valence-electron chi connectivity index (χ3n) is 3.70. The van der Waals surface area contributed by atoms with Crippen LogP contribution in [0.3, 0.4) is 0 Å². The molecule has 0 amide bonds. The van der Waals surface area contributed by atoms with Crippen LogP contribution < -0.4 is 4.31 Å². The van der Waals surface area contributed by atoms with Crippen molar-refractivity contribution in [2.24, 2.45) is 0 Å². The van der Waals surface area contributed by atoms with Crippen molar-refractivity contribution in [3.63, 3.8) is 0 Å². The first-order valence-electron chi connectivity index (χ1n) is 7.94. The second-order valence-electron chi connectivity index (χ2n) is 5.43. The van der Waals surface area contributed by atoms with Gasteiger partial charge in [0.05, 0.1) is 16.1 Å². The Labute approximate surface area is 152 Å². The summed E-state index contributed by atoms with van der Waals surface area (Å²) in [4.78, 5) is 12.3. The van der Waals surface area contributed by atoms with Gasteiger partial charge in [0.1, 0.15) is 0 Å². The molecule has 26 heavy (non-hydrogen) atoms. The van der Waals surface area contributed by atoms with Crippen LogP contribution in [0, 0.1) is 0 Å². The zero-order valence-corrected chi connectivity index (χ0v) is 14.7. The average Bonchev–Trinajstić information content (AvgIpc) is 2.70. The minimum atomic E-state index is -3.88. The van der Waals surface area contributed by atoms with Gasteiger partial charge >= 0.3 is 5.97 Å². The van der Waals surface area contributed by atoms with Gasteiger partial charge in [-0.1, -0.05) is 54.6 Å². The van der Waals surface area contributed by atoms with Gasteiger partial charge in [-0.15, -0.1) is 0 Å². The van der Waals surface area contributed by atoms with E-state index in [1.54, 1.807) is 78.9 Å². The predicted octanol–water partition coefficient (Wildman–Crippen LogP) is 3.70. The van der Waals surface area contributed by atoms with Gasteiger partial charge in [-0.2, -0.15) is 0 Å². The summed E-state index contributed by atoms with van der Waals surface area (Å²) in [5, 5.41) is 0. The maximum atomic E-state index is 13.0. The maximum Gasteiger partial charge on any atom is 0.339 e. The molecule has 3 aromatic rings. The van der Waals surface area contributed by atoms with Gasteiger partial charge in [0.15, 0.2) is 6.73 Å². The highest BCUT2D eigenvalue weighted by molar-refractivity contribution is 7.92. The van der Waals surface area contributed by atoms with Gasteiger partial charge in [-0.05, 0) is 36.4 Å². The third kappa shape index (κ3) is 3.92. The molecule has 0 unspecified atom stereocenters. The molecule has 3 aromatic carbocycles. The van der Waals surface area contributed by atoms with Crippen molar-refractivity contribution in [2.45, 2.75) is 4.90 Å². The van der Waals surface area contributed by atoms with Gasteiger partial charge in [-0.3, -0.25) is 0 Å². The Bertz CT molecular complexity index is 958. The fourth-order valence-electron chi connectivity index (χ4n) is 2.37. The summed E-state index contributed by atoms with van der Waals surface area (Å²) in [6.07, 6.45) is 0. The molecule has 0 radical (unpaired) electrons. The van der Waals surface area contributed by atoms with Gasteiger partial charge < -0.3 is 4.74 Å². The molecule has 0 atom stereocenters. The van der Waals surface area contributed by atoms with E-state index in [0.29, 0.717) is 11.3 Å². The minimum Gasteiger partial charge on any atom is -0.440 e. The number of sulfonamides is 1. The summed E-state index contributed by atoms with van der Waals surface area (Å²) < 4.78 is 32.4. The lowest BCUT2D eigenvalue weighted by atomic mass is 10.2. The Morgan fingerprint density at radius 3 is 1.85 bits per heavy atom. The molecule has 6 heteroatoms.